The molecule has 2 N–H and O–H groups in total. The van der Waals surface area contributed by atoms with Crippen LogP contribution >= 0.6 is 24.0 Å². The zero-order chi connectivity index (χ0) is 16.2. The highest BCUT2D eigenvalue weighted by Gasteiger charge is 2.15. The van der Waals surface area contributed by atoms with Crippen LogP contribution in [-0.4, -0.2) is 63.8 Å². The van der Waals surface area contributed by atoms with E-state index in [2.05, 4.69) is 41.3 Å². The van der Waals surface area contributed by atoms with Gasteiger partial charge < -0.3 is 20.3 Å². The lowest BCUT2D eigenvalue weighted by molar-refractivity contribution is 0.128. The fraction of sp³-hybridized carbons (Fsp3) is 0.941. The SMILES string of the molecule is CN=C(NCCOCCC(C)C)NCCN1CCCC(C)C1.I. The van der Waals surface area contributed by atoms with Crippen LogP contribution in [0.2, 0.25) is 0 Å². The Hall–Kier alpha value is -0.0800. The van der Waals surface area contributed by atoms with E-state index in [4.69, 9.17) is 4.74 Å². The number of ether oxygens (including phenoxy) is 1. The molecule has 5 nitrogen and oxygen atoms in total. The summed E-state index contributed by atoms with van der Waals surface area (Å²) in [6, 6.07) is 0. The van der Waals surface area contributed by atoms with Crippen molar-refractivity contribution >= 4 is 29.9 Å². The van der Waals surface area contributed by atoms with Gasteiger partial charge in [0.05, 0.1) is 6.61 Å². The van der Waals surface area contributed by atoms with Crippen molar-refractivity contribution in [1.82, 2.24) is 15.5 Å². The smallest absolute Gasteiger partial charge is 0.191 e. The normalized spacial score (nSPS) is 19.5. The van der Waals surface area contributed by atoms with Crippen molar-refractivity contribution < 1.29 is 4.74 Å². The number of hydrogen-bond acceptors (Lipinski definition) is 3. The molecule has 0 bridgehead atoms. The van der Waals surface area contributed by atoms with Crippen LogP contribution in [0.5, 0.6) is 0 Å². The Bertz CT molecular complexity index is 313. The first-order valence-electron chi connectivity index (χ1n) is 8.86. The zero-order valence-electron chi connectivity index (χ0n) is 15.4. The van der Waals surface area contributed by atoms with Crippen LogP contribution in [0.1, 0.15) is 40.0 Å². The predicted octanol–water partition coefficient (Wildman–Crippen LogP) is 2.56. The van der Waals surface area contributed by atoms with E-state index in [0.717, 1.165) is 51.1 Å². The van der Waals surface area contributed by atoms with Crippen molar-refractivity contribution in [1.29, 1.82) is 0 Å². The molecule has 0 aromatic heterocycles. The Kier molecular flexibility index (Phi) is 14.2. The fourth-order valence-corrected chi connectivity index (χ4v) is 2.71. The number of nitrogens with zero attached hydrogens (tertiary/aromatic N) is 2. The Labute approximate surface area is 160 Å². The third kappa shape index (κ3) is 12.0. The largest absolute Gasteiger partial charge is 0.380 e. The molecule has 0 spiro atoms. The molecule has 1 fully saturated rings. The van der Waals surface area contributed by atoms with E-state index in [1.807, 2.05) is 7.05 Å². The highest BCUT2D eigenvalue weighted by molar-refractivity contribution is 14.0. The van der Waals surface area contributed by atoms with Crippen LogP contribution in [0, 0.1) is 11.8 Å². The highest BCUT2D eigenvalue weighted by Crippen LogP contribution is 2.14. The van der Waals surface area contributed by atoms with Crippen molar-refractivity contribution in [2.75, 3.05) is 53.0 Å². The summed E-state index contributed by atoms with van der Waals surface area (Å²) in [4.78, 5) is 6.80. The number of hydrogen-bond donors (Lipinski definition) is 2. The third-order valence-corrected chi connectivity index (χ3v) is 4.06. The molecule has 1 aliphatic heterocycles. The van der Waals surface area contributed by atoms with Gasteiger partial charge in [0.2, 0.25) is 0 Å². The lowest BCUT2D eigenvalue weighted by Crippen LogP contribution is -2.44. The van der Waals surface area contributed by atoms with Crippen molar-refractivity contribution in [3.05, 3.63) is 0 Å². The molecule has 1 heterocycles. The summed E-state index contributed by atoms with van der Waals surface area (Å²) in [5.41, 5.74) is 0. The van der Waals surface area contributed by atoms with Gasteiger partial charge in [-0.15, -0.1) is 24.0 Å². The zero-order valence-corrected chi connectivity index (χ0v) is 17.8. The van der Waals surface area contributed by atoms with Gasteiger partial charge in [0.25, 0.3) is 0 Å². The number of rotatable bonds is 9. The van der Waals surface area contributed by atoms with E-state index >= 15 is 0 Å². The molecular formula is C17H37IN4O. The van der Waals surface area contributed by atoms with Crippen LogP contribution < -0.4 is 10.6 Å². The Morgan fingerprint density at radius 1 is 1.26 bits per heavy atom. The van der Waals surface area contributed by atoms with E-state index in [1.165, 1.54) is 25.9 Å². The second kappa shape index (κ2) is 14.3. The molecular weight excluding hydrogens is 403 g/mol. The first-order valence-corrected chi connectivity index (χ1v) is 8.86. The Morgan fingerprint density at radius 3 is 2.65 bits per heavy atom. The van der Waals surface area contributed by atoms with Crippen molar-refractivity contribution in [2.45, 2.75) is 40.0 Å². The second-order valence-corrected chi connectivity index (χ2v) is 6.77. The molecule has 0 aliphatic carbocycles. The summed E-state index contributed by atoms with van der Waals surface area (Å²) in [6.45, 7) is 13.7. The topological polar surface area (TPSA) is 48.9 Å². The molecule has 0 amide bonds. The van der Waals surface area contributed by atoms with Crippen LogP contribution in [0.15, 0.2) is 4.99 Å². The van der Waals surface area contributed by atoms with Gasteiger partial charge in [0.15, 0.2) is 5.96 Å². The number of piperidine rings is 1. The van der Waals surface area contributed by atoms with E-state index in [1.54, 1.807) is 0 Å². The van der Waals surface area contributed by atoms with Gasteiger partial charge in [-0.1, -0.05) is 20.8 Å². The monoisotopic (exact) mass is 440 g/mol. The number of guanidine groups is 1. The molecule has 0 saturated carbocycles. The maximum absolute atomic E-state index is 5.60. The van der Waals surface area contributed by atoms with Gasteiger partial charge in [-0.3, -0.25) is 4.99 Å². The van der Waals surface area contributed by atoms with Gasteiger partial charge in [-0.2, -0.15) is 0 Å². The maximum Gasteiger partial charge on any atom is 0.191 e. The molecule has 1 unspecified atom stereocenters. The molecule has 6 heteroatoms. The lowest BCUT2D eigenvalue weighted by Gasteiger charge is -2.30. The average Bonchev–Trinajstić information content (AvgIpc) is 2.48. The number of halogens is 1. The Balaban J connectivity index is 0.00000484. The molecule has 1 atom stereocenters. The molecule has 0 radical (unpaired) electrons. The van der Waals surface area contributed by atoms with Crippen molar-refractivity contribution in [3.63, 3.8) is 0 Å². The van der Waals surface area contributed by atoms with Crippen LogP contribution in [0.25, 0.3) is 0 Å². The van der Waals surface area contributed by atoms with E-state index in [9.17, 15) is 0 Å². The third-order valence-electron chi connectivity index (χ3n) is 4.06. The molecule has 0 aromatic rings. The molecule has 1 saturated heterocycles. The summed E-state index contributed by atoms with van der Waals surface area (Å²) in [5, 5.41) is 6.68. The summed E-state index contributed by atoms with van der Waals surface area (Å²) in [7, 11) is 1.82. The first-order chi connectivity index (χ1) is 10.6. The van der Waals surface area contributed by atoms with E-state index < -0.39 is 0 Å². The quantitative estimate of drug-likeness (QED) is 0.251. The number of aliphatic imine (C=N–C) groups is 1. The minimum absolute atomic E-state index is 0. The second-order valence-electron chi connectivity index (χ2n) is 6.77. The molecule has 138 valence electrons. The van der Waals surface area contributed by atoms with Gasteiger partial charge in [-0.05, 0) is 37.6 Å². The summed E-state index contributed by atoms with van der Waals surface area (Å²) in [6.07, 6.45) is 3.84. The minimum atomic E-state index is 0. The molecule has 0 aromatic carbocycles. The molecule has 23 heavy (non-hydrogen) atoms. The number of likely N-dealkylation sites (tertiary alicyclic amines) is 1. The highest BCUT2D eigenvalue weighted by atomic mass is 127. The number of nitrogens with one attached hydrogen (secondary N) is 2. The molecule has 1 aliphatic rings. The van der Waals surface area contributed by atoms with Crippen LogP contribution in [-0.2, 0) is 4.74 Å². The lowest BCUT2D eigenvalue weighted by atomic mass is 10.0. The van der Waals surface area contributed by atoms with Crippen molar-refractivity contribution in [3.8, 4) is 0 Å². The van der Waals surface area contributed by atoms with Crippen LogP contribution in [0.4, 0.5) is 0 Å². The standard InChI is InChI=1S/C17H36N4O.HI/c1-15(2)7-12-22-13-9-20-17(18-4)19-8-11-21-10-5-6-16(3)14-21;/h15-16H,5-14H2,1-4H3,(H2,18,19,20);1H. The predicted molar refractivity (Wildman–Crippen MR) is 110 cm³/mol. The summed E-state index contributed by atoms with van der Waals surface area (Å²) < 4.78 is 5.60. The van der Waals surface area contributed by atoms with E-state index in [-0.39, 0.29) is 24.0 Å². The summed E-state index contributed by atoms with van der Waals surface area (Å²) >= 11 is 0. The van der Waals surface area contributed by atoms with Crippen molar-refractivity contribution in [2.24, 2.45) is 16.8 Å². The van der Waals surface area contributed by atoms with E-state index in [0.29, 0.717) is 5.92 Å². The van der Waals surface area contributed by atoms with Gasteiger partial charge >= 0.3 is 0 Å². The Morgan fingerprint density at radius 2 is 2.00 bits per heavy atom. The molecule has 1 rings (SSSR count). The van der Waals surface area contributed by atoms with Gasteiger partial charge in [0.1, 0.15) is 0 Å². The van der Waals surface area contributed by atoms with Crippen LogP contribution in [0.3, 0.4) is 0 Å². The average molecular weight is 440 g/mol. The minimum Gasteiger partial charge on any atom is -0.380 e. The van der Waals surface area contributed by atoms with Gasteiger partial charge in [-0.25, -0.2) is 0 Å². The summed E-state index contributed by atoms with van der Waals surface area (Å²) in [5.74, 6) is 2.42. The fourth-order valence-electron chi connectivity index (χ4n) is 2.71. The van der Waals surface area contributed by atoms with Gasteiger partial charge in [0, 0.05) is 39.8 Å². The first kappa shape index (κ1) is 22.9. The maximum atomic E-state index is 5.60.